The Morgan fingerprint density at radius 1 is 0.964 bits per heavy atom. The Bertz CT molecular complexity index is 802. The summed E-state index contributed by atoms with van der Waals surface area (Å²) in [5.74, 6) is 4.66. The Morgan fingerprint density at radius 3 is 2.29 bits per heavy atom. The molecule has 2 atom stereocenters. The summed E-state index contributed by atoms with van der Waals surface area (Å²) in [4.78, 5) is 23.2. The molecule has 2 saturated heterocycles. The molecular weight excluding hydrogens is 348 g/mol. The van der Waals surface area contributed by atoms with Gasteiger partial charge in [0.2, 0.25) is 0 Å². The van der Waals surface area contributed by atoms with Gasteiger partial charge in [-0.2, -0.15) is 0 Å². The predicted octanol–water partition coefficient (Wildman–Crippen LogP) is 3.23. The molecule has 2 aromatic heterocycles. The molecule has 3 fully saturated rings. The first-order valence-electron chi connectivity index (χ1n) is 10.8. The molecule has 28 heavy (non-hydrogen) atoms. The molecular formula is C22H30N6. The highest BCUT2D eigenvalue weighted by atomic mass is 15.3. The normalized spacial score (nSPS) is 25.3. The van der Waals surface area contributed by atoms with Crippen molar-refractivity contribution in [2.45, 2.75) is 51.5 Å². The lowest BCUT2D eigenvalue weighted by atomic mass is 9.85. The Hall–Kier alpha value is -2.08. The van der Waals surface area contributed by atoms with E-state index < -0.39 is 0 Å². The minimum Gasteiger partial charge on any atom is -0.356 e. The topological polar surface area (TPSA) is 58.0 Å². The van der Waals surface area contributed by atoms with Gasteiger partial charge in [-0.05, 0) is 30.6 Å². The molecule has 148 valence electrons. The molecule has 3 aliphatic rings. The van der Waals surface area contributed by atoms with Crippen LogP contribution in [0.3, 0.4) is 0 Å². The highest BCUT2D eigenvalue weighted by Crippen LogP contribution is 2.35. The predicted molar refractivity (Wildman–Crippen MR) is 109 cm³/mol. The van der Waals surface area contributed by atoms with Gasteiger partial charge in [0.25, 0.3) is 0 Å². The standard InChI is InChI=1S/C22H30N6/c1-15(2)20-6-21(26-14-25-20)28-12-18-10-27(11-19(18)13-28)9-16-7-23-22(24-8-16)17-4-3-5-17/h6-8,14-15,17-19H,3-5,9-13H2,1-2H3. The number of rotatable bonds is 5. The van der Waals surface area contributed by atoms with E-state index in [1.807, 2.05) is 0 Å². The molecule has 0 N–H and O–H groups in total. The van der Waals surface area contributed by atoms with Crippen LogP contribution in [-0.4, -0.2) is 51.0 Å². The number of anilines is 1. The van der Waals surface area contributed by atoms with Gasteiger partial charge < -0.3 is 4.90 Å². The fourth-order valence-electron chi connectivity index (χ4n) is 4.84. The largest absolute Gasteiger partial charge is 0.356 e. The van der Waals surface area contributed by atoms with Crippen LogP contribution in [0.2, 0.25) is 0 Å². The molecule has 2 unspecified atom stereocenters. The zero-order valence-corrected chi connectivity index (χ0v) is 17.0. The molecule has 2 aliphatic heterocycles. The molecule has 0 bridgehead atoms. The van der Waals surface area contributed by atoms with Crippen molar-refractivity contribution in [1.29, 1.82) is 0 Å². The number of aromatic nitrogens is 4. The Morgan fingerprint density at radius 2 is 1.68 bits per heavy atom. The third-order valence-electron chi connectivity index (χ3n) is 6.75. The molecule has 4 heterocycles. The maximum Gasteiger partial charge on any atom is 0.132 e. The van der Waals surface area contributed by atoms with Crippen LogP contribution < -0.4 is 4.90 Å². The third kappa shape index (κ3) is 3.50. The van der Waals surface area contributed by atoms with Crippen LogP contribution in [0, 0.1) is 11.8 Å². The molecule has 6 nitrogen and oxygen atoms in total. The van der Waals surface area contributed by atoms with Crippen molar-refractivity contribution in [2.75, 3.05) is 31.1 Å². The van der Waals surface area contributed by atoms with Crippen LogP contribution in [0.25, 0.3) is 0 Å². The summed E-state index contributed by atoms with van der Waals surface area (Å²) in [6.07, 6.45) is 9.67. The van der Waals surface area contributed by atoms with Crippen molar-refractivity contribution in [2.24, 2.45) is 11.8 Å². The van der Waals surface area contributed by atoms with E-state index in [2.05, 4.69) is 62.0 Å². The van der Waals surface area contributed by atoms with Crippen molar-refractivity contribution in [3.63, 3.8) is 0 Å². The molecule has 6 heteroatoms. The van der Waals surface area contributed by atoms with Gasteiger partial charge in [0.1, 0.15) is 18.0 Å². The maximum absolute atomic E-state index is 4.63. The van der Waals surface area contributed by atoms with Gasteiger partial charge in [-0.1, -0.05) is 20.3 Å². The first-order chi connectivity index (χ1) is 13.7. The molecule has 2 aromatic rings. The summed E-state index contributed by atoms with van der Waals surface area (Å²) >= 11 is 0. The molecule has 5 rings (SSSR count). The average Bonchev–Trinajstić information content (AvgIpc) is 3.20. The third-order valence-corrected chi connectivity index (χ3v) is 6.75. The van der Waals surface area contributed by atoms with E-state index in [9.17, 15) is 0 Å². The number of nitrogens with zero attached hydrogens (tertiary/aromatic N) is 6. The summed E-state index contributed by atoms with van der Waals surface area (Å²) in [6.45, 7) is 9.88. The zero-order chi connectivity index (χ0) is 19.1. The summed E-state index contributed by atoms with van der Waals surface area (Å²) in [5, 5.41) is 0. The lowest BCUT2D eigenvalue weighted by Crippen LogP contribution is -2.29. The SMILES string of the molecule is CC(C)c1cc(N2CC3CN(Cc4cnc(C5CCC5)nc4)CC3C2)ncn1. The Balaban J connectivity index is 1.17. The summed E-state index contributed by atoms with van der Waals surface area (Å²) in [7, 11) is 0. The van der Waals surface area contributed by atoms with Gasteiger partial charge in [0.05, 0.1) is 0 Å². The van der Waals surface area contributed by atoms with E-state index in [0.29, 0.717) is 11.8 Å². The first kappa shape index (κ1) is 18.0. The number of hydrogen-bond donors (Lipinski definition) is 0. The van der Waals surface area contributed by atoms with Gasteiger partial charge in [-0.3, -0.25) is 4.90 Å². The van der Waals surface area contributed by atoms with Crippen LogP contribution in [0.15, 0.2) is 24.8 Å². The number of likely N-dealkylation sites (tertiary alicyclic amines) is 1. The fraction of sp³-hybridized carbons (Fsp3) is 0.636. The van der Waals surface area contributed by atoms with Gasteiger partial charge in [0, 0.05) is 68.4 Å². The second-order valence-electron chi connectivity index (χ2n) is 9.15. The fourth-order valence-corrected chi connectivity index (χ4v) is 4.84. The van der Waals surface area contributed by atoms with E-state index >= 15 is 0 Å². The molecule has 1 aliphatic carbocycles. The maximum atomic E-state index is 4.63. The van der Waals surface area contributed by atoms with Crippen LogP contribution in [0.4, 0.5) is 5.82 Å². The van der Waals surface area contributed by atoms with Crippen molar-refractivity contribution in [3.05, 3.63) is 41.9 Å². The molecule has 0 radical (unpaired) electrons. The van der Waals surface area contributed by atoms with E-state index in [1.54, 1.807) is 6.33 Å². The molecule has 0 spiro atoms. The lowest BCUT2D eigenvalue weighted by molar-refractivity contribution is 0.307. The van der Waals surface area contributed by atoms with Crippen molar-refractivity contribution in [3.8, 4) is 0 Å². The summed E-state index contributed by atoms with van der Waals surface area (Å²) in [5.41, 5.74) is 2.38. The zero-order valence-electron chi connectivity index (χ0n) is 17.0. The van der Waals surface area contributed by atoms with Crippen LogP contribution in [0.1, 0.15) is 62.0 Å². The van der Waals surface area contributed by atoms with Gasteiger partial charge >= 0.3 is 0 Å². The first-order valence-corrected chi connectivity index (χ1v) is 10.8. The van der Waals surface area contributed by atoms with E-state index in [0.717, 1.165) is 61.9 Å². The van der Waals surface area contributed by atoms with Crippen molar-refractivity contribution in [1.82, 2.24) is 24.8 Å². The van der Waals surface area contributed by atoms with E-state index in [1.165, 1.54) is 24.8 Å². The smallest absolute Gasteiger partial charge is 0.132 e. The second kappa shape index (κ2) is 7.39. The van der Waals surface area contributed by atoms with Gasteiger partial charge in [0.15, 0.2) is 0 Å². The second-order valence-corrected chi connectivity index (χ2v) is 9.15. The minimum atomic E-state index is 0.442. The van der Waals surface area contributed by atoms with Gasteiger partial charge in [-0.25, -0.2) is 19.9 Å². The molecule has 0 aromatic carbocycles. The van der Waals surface area contributed by atoms with E-state index in [-0.39, 0.29) is 0 Å². The molecule has 1 saturated carbocycles. The van der Waals surface area contributed by atoms with E-state index in [4.69, 9.17) is 0 Å². The molecule has 0 amide bonds. The number of fused-ring (bicyclic) bond motifs is 1. The van der Waals surface area contributed by atoms with Crippen LogP contribution >= 0.6 is 0 Å². The average molecular weight is 379 g/mol. The monoisotopic (exact) mass is 378 g/mol. The minimum absolute atomic E-state index is 0.442. The quantitative estimate of drug-likeness (QED) is 0.796. The highest BCUT2D eigenvalue weighted by molar-refractivity contribution is 5.41. The Labute approximate surface area is 167 Å². The Kier molecular flexibility index (Phi) is 4.75. The van der Waals surface area contributed by atoms with Crippen molar-refractivity contribution >= 4 is 5.82 Å². The lowest BCUT2D eigenvalue weighted by Gasteiger charge is -2.24. The highest BCUT2D eigenvalue weighted by Gasteiger charge is 2.40. The van der Waals surface area contributed by atoms with Crippen molar-refractivity contribution < 1.29 is 0 Å². The van der Waals surface area contributed by atoms with Crippen LogP contribution in [0.5, 0.6) is 0 Å². The summed E-state index contributed by atoms with van der Waals surface area (Å²) < 4.78 is 0. The van der Waals surface area contributed by atoms with Crippen LogP contribution in [-0.2, 0) is 6.54 Å². The summed E-state index contributed by atoms with van der Waals surface area (Å²) in [6, 6.07) is 2.17. The number of hydrogen-bond acceptors (Lipinski definition) is 6. The van der Waals surface area contributed by atoms with Gasteiger partial charge in [-0.15, -0.1) is 0 Å².